The summed E-state index contributed by atoms with van der Waals surface area (Å²) in [6.45, 7) is 2.52. The minimum atomic E-state index is -2.98. The van der Waals surface area contributed by atoms with Crippen molar-refractivity contribution in [2.75, 3.05) is 50.8 Å². The van der Waals surface area contributed by atoms with Gasteiger partial charge in [-0.25, -0.2) is 8.42 Å². The zero-order valence-corrected chi connectivity index (χ0v) is 14.3. The summed E-state index contributed by atoms with van der Waals surface area (Å²) in [7, 11) is 0.550. The highest BCUT2D eigenvalue weighted by Crippen LogP contribution is 2.24. The Kier molecular flexibility index (Phi) is 7.45. The predicted octanol–water partition coefficient (Wildman–Crippen LogP) is 1.56. The summed E-state index contributed by atoms with van der Waals surface area (Å²) >= 11 is 6.05. The van der Waals surface area contributed by atoms with Crippen molar-refractivity contribution in [3.05, 3.63) is 28.8 Å². The Hall–Kier alpha value is -0.820. The number of sulfone groups is 1. The summed E-state index contributed by atoms with van der Waals surface area (Å²) < 4.78 is 27.6. The van der Waals surface area contributed by atoms with Crippen LogP contribution in [0.25, 0.3) is 0 Å². The highest BCUT2D eigenvalue weighted by molar-refractivity contribution is 7.90. The van der Waals surface area contributed by atoms with E-state index in [0.717, 1.165) is 17.8 Å². The number of hydrogen-bond acceptors (Lipinski definition) is 5. The fourth-order valence-corrected chi connectivity index (χ4v) is 2.63. The molecular formula is C14H23ClN2O3S. The largest absolute Gasteiger partial charge is 0.383 e. The van der Waals surface area contributed by atoms with E-state index < -0.39 is 9.84 Å². The summed E-state index contributed by atoms with van der Waals surface area (Å²) in [5.74, 6) is 0.118. The third-order valence-electron chi connectivity index (χ3n) is 3.05. The van der Waals surface area contributed by atoms with Gasteiger partial charge in [-0.2, -0.15) is 0 Å². The van der Waals surface area contributed by atoms with E-state index in [1.165, 1.54) is 6.26 Å². The Labute approximate surface area is 132 Å². The molecule has 0 unspecified atom stereocenters. The van der Waals surface area contributed by atoms with Gasteiger partial charge in [-0.1, -0.05) is 17.7 Å². The minimum absolute atomic E-state index is 0.118. The molecule has 0 aromatic heterocycles. The Morgan fingerprint density at radius 3 is 2.71 bits per heavy atom. The molecule has 120 valence electrons. The van der Waals surface area contributed by atoms with E-state index in [4.69, 9.17) is 16.3 Å². The van der Waals surface area contributed by atoms with Crippen LogP contribution in [-0.4, -0.2) is 54.3 Å². The highest BCUT2D eigenvalue weighted by Gasteiger charge is 2.11. The SMILES string of the molecule is COCCNCc1ccc(Cl)cc1N(C)CCS(C)(=O)=O. The van der Waals surface area contributed by atoms with Gasteiger partial charge in [0.2, 0.25) is 0 Å². The number of nitrogens with one attached hydrogen (secondary N) is 1. The number of benzene rings is 1. The van der Waals surface area contributed by atoms with Crippen LogP contribution in [0.15, 0.2) is 18.2 Å². The molecule has 0 saturated carbocycles. The lowest BCUT2D eigenvalue weighted by molar-refractivity contribution is 0.199. The number of rotatable bonds is 9. The smallest absolute Gasteiger partial charge is 0.149 e. The molecule has 0 atom stereocenters. The molecule has 0 fully saturated rings. The van der Waals surface area contributed by atoms with Crippen molar-refractivity contribution < 1.29 is 13.2 Å². The average molecular weight is 335 g/mol. The third kappa shape index (κ3) is 7.13. The molecule has 0 saturated heterocycles. The van der Waals surface area contributed by atoms with Crippen molar-refractivity contribution in [3.63, 3.8) is 0 Å². The predicted molar refractivity (Wildman–Crippen MR) is 88.0 cm³/mol. The van der Waals surface area contributed by atoms with Gasteiger partial charge in [0, 0.05) is 50.8 Å². The van der Waals surface area contributed by atoms with E-state index in [1.807, 2.05) is 30.1 Å². The maximum atomic E-state index is 11.3. The lowest BCUT2D eigenvalue weighted by atomic mass is 10.1. The normalized spacial score (nSPS) is 11.6. The van der Waals surface area contributed by atoms with Crippen molar-refractivity contribution in [2.24, 2.45) is 0 Å². The van der Waals surface area contributed by atoms with Crippen LogP contribution in [-0.2, 0) is 21.1 Å². The van der Waals surface area contributed by atoms with Crippen LogP contribution < -0.4 is 10.2 Å². The number of hydrogen-bond donors (Lipinski definition) is 1. The van der Waals surface area contributed by atoms with Crippen LogP contribution in [0.1, 0.15) is 5.56 Å². The molecule has 0 aliphatic rings. The molecule has 0 spiro atoms. The average Bonchev–Trinajstić information content (AvgIpc) is 2.41. The van der Waals surface area contributed by atoms with Crippen LogP contribution in [0, 0.1) is 0 Å². The van der Waals surface area contributed by atoms with Gasteiger partial charge in [0.25, 0.3) is 0 Å². The summed E-state index contributed by atoms with van der Waals surface area (Å²) in [5.41, 5.74) is 2.02. The Morgan fingerprint density at radius 1 is 1.38 bits per heavy atom. The second-order valence-electron chi connectivity index (χ2n) is 4.99. The standard InChI is InChI=1S/C14H23ClN2O3S/c1-17(7-9-21(3,18)19)14-10-13(15)5-4-12(14)11-16-6-8-20-2/h4-5,10,16H,6-9,11H2,1-3H3. The molecule has 0 bridgehead atoms. The van der Waals surface area contributed by atoms with Gasteiger partial charge in [0.05, 0.1) is 12.4 Å². The molecule has 21 heavy (non-hydrogen) atoms. The maximum Gasteiger partial charge on any atom is 0.149 e. The van der Waals surface area contributed by atoms with Crippen LogP contribution in [0.4, 0.5) is 5.69 Å². The first-order valence-electron chi connectivity index (χ1n) is 6.70. The van der Waals surface area contributed by atoms with Crippen molar-refractivity contribution in [2.45, 2.75) is 6.54 Å². The van der Waals surface area contributed by atoms with Gasteiger partial charge in [-0.05, 0) is 17.7 Å². The van der Waals surface area contributed by atoms with Gasteiger partial charge in [-0.15, -0.1) is 0 Å². The summed E-state index contributed by atoms with van der Waals surface area (Å²) in [6.07, 6.45) is 1.24. The number of methoxy groups -OCH3 is 1. The summed E-state index contributed by atoms with van der Waals surface area (Å²) in [4.78, 5) is 1.92. The summed E-state index contributed by atoms with van der Waals surface area (Å²) in [6, 6.07) is 5.65. The second kappa shape index (κ2) is 8.58. The number of nitrogens with zero attached hydrogens (tertiary/aromatic N) is 1. The van der Waals surface area contributed by atoms with Crippen molar-refractivity contribution in [1.29, 1.82) is 0 Å². The zero-order chi connectivity index (χ0) is 15.9. The lowest BCUT2D eigenvalue weighted by Gasteiger charge is -2.22. The topological polar surface area (TPSA) is 58.6 Å². The fourth-order valence-electron chi connectivity index (χ4n) is 1.86. The van der Waals surface area contributed by atoms with E-state index in [-0.39, 0.29) is 5.75 Å². The van der Waals surface area contributed by atoms with Crippen LogP contribution in [0.2, 0.25) is 5.02 Å². The van der Waals surface area contributed by atoms with E-state index in [0.29, 0.717) is 24.7 Å². The van der Waals surface area contributed by atoms with Crippen molar-refractivity contribution >= 4 is 27.1 Å². The molecule has 0 amide bonds. The molecule has 1 aromatic carbocycles. The molecule has 0 heterocycles. The zero-order valence-electron chi connectivity index (χ0n) is 12.7. The number of anilines is 1. The molecule has 0 aliphatic heterocycles. The van der Waals surface area contributed by atoms with E-state index in [1.54, 1.807) is 7.11 Å². The Morgan fingerprint density at radius 2 is 2.10 bits per heavy atom. The summed E-state index contributed by atoms with van der Waals surface area (Å²) in [5, 5.41) is 3.91. The van der Waals surface area contributed by atoms with E-state index in [9.17, 15) is 8.42 Å². The molecule has 1 N–H and O–H groups in total. The van der Waals surface area contributed by atoms with E-state index >= 15 is 0 Å². The molecule has 7 heteroatoms. The van der Waals surface area contributed by atoms with Gasteiger partial charge < -0.3 is 15.0 Å². The quantitative estimate of drug-likeness (QED) is 0.694. The van der Waals surface area contributed by atoms with Crippen molar-refractivity contribution in [3.8, 4) is 0 Å². The van der Waals surface area contributed by atoms with E-state index in [2.05, 4.69) is 5.32 Å². The third-order valence-corrected chi connectivity index (χ3v) is 4.21. The first kappa shape index (κ1) is 18.2. The second-order valence-corrected chi connectivity index (χ2v) is 7.69. The van der Waals surface area contributed by atoms with Crippen LogP contribution in [0.3, 0.4) is 0 Å². The molecular weight excluding hydrogens is 312 g/mol. The highest BCUT2D eigenvalue weighted by atomic mass is 35.5. The monoisotopic (exact) mass is 334 g/mol. The molecule has 0 aliphatic carbocycles. The van der Waals surface area contributed by atoms with Gasteiger partial charge in [0.15, 0.2) is 0 Å². The van der Waals surface area contributed by atoms with Crippen LogP contribution in [0.5, 0.6) is 0 Å². The number of halogens is 1. The van der Waals surface area contributed by atoms with Gasteiger partial charge >= 0.3 is 0 Å². The molecule has 1 rings (SSSR count). The van der Waals surface area contributed by atoms with Gasteiger partial charge in [-0.3, -0.25) is 0 Å². The number of ether oxygens (including phenoxy) is 1. The molecule has 5 nitrogen and oxygen atoms in total. The molecule has 0 radical (unpaired) electrons. The fraction of sp³-hybridized carbons (Fsp3) is 0.571. The first-order valence-corrected chi connectivity index (χ1v) is 9.14. The molecule has 1 aromatic rings. The van der Waals surface area contributed by atoms with Gasteiger partial charge in [0.1, 0.15) is 9.84 Å². The minimum Gasteiger partial charge on any atom is -0.383 e. The Bertz CT molecular complexity index is 549. The maximum absolute atomic E-state index is 11.3. The lowest BCUT2D eigenvalue weighted by Crippen LogP contribution is -2.27. The van der Waals surface area contributed by atoms with Crippen LogP contribution >= 0.6 is 11.6 Å². The first-order chi connectivity index (χ1) is 9.83. The Balaban J connectivity index is 2.75. The van der Waals surface area contributed by atoms with Crippen molar-refractivity contribution in [1.82, 2.24) is 5.32 Å².